The Bertz CT molecular complexity index is 1840. The molecule has 3 aromatic carbocycles. The van der Waals surface area contributed by atoms with Crippen LogP contribution < -0.4 is 24.4 Å². The average Bonchev–Trinajstić information content (AvgIpc) is 3.26. The first-order valence-corrected chi connectivity index (χ1v) is 14.9. The van der Waals surface area contributed by atoms with Gasteiger partial charge in [-0.05, 0) is 84.0 Å². The molecule has 206 valence electrons. The average molecular weight is 668 g/mol. The number of likely N-dealkylation sites (N-methyl/N-ethyl adjacent to an activating group) is 1. The van der Waals surface area contributed by atoms with E-state index in [1.165, 1.54) is 11.3 Å². The molecule has 0 aliphatic carbocycles. The Morgan fingerprint density at radius 3 is 2.45 bits per heavy atom. The third kappa shape index (κ3) is 4.85. The van der Waals surface area contributed by atoms with Crippen LogP contribution in [0.4, 0.5) is 0 Å². The van der Waals surface area contributed by atoms with Gasteiger partial charge in [0.15, 0.2) is 4.80 Å². The molecule has 4 aromatic rings. The second-order valence-corrected chi connectivity index (χ2v) is 11.5. The van der Waals surface area contributed by atoms with Crippen LogP contribution in [0.3, 0.4) is 0 Å². The van der Waals surface area contributed by atoms with Gasteiger partial charge in [0.25, 0.3) is 11.5 Å². The van der Waals surface area contributed by atoms with E-state index in [0.29, 0.717) is 39.4 Å². The van der Waals surface area contributed by atoms with Crippen LogP contribution in [0.2, 0.25) is 0 Å². The Morgan fingerprint density at radius 1 is 1.07 bits per heavy atom. The number of carbonyl (C=O) groups excluding carboxylic acids is 1. The first-order valence-electron chi connectivity index (χ1n) is 13.0. The maximum Gasteiger partial charge on any atom is 0.271 e. The lowest BCUT2D eigenvalue weighted by Gasteiger charge is -2.30. The highest BCUT2D eigenvalue weighted by Gasteiger charge is 2.36. The standard InChI is InChI=1S/C31H30IN3O4S/c1-6-34(7-2)30(37)26-18(3)33-31-35(28(26)27-21-11-9-8-10-20(21)13-15-24(27)39-5)29(36)25(40-31)17-19-12-14-23(38-4)22(32)16-19/h8-17,28H,6-7H2,1-5H3/b25-17+/t28-/m0/s1. The summed E-state index contributed by atoms with van der Waals surface area (Å²) in [6.07, 6.45) is 1.87. The number of rotatable bonds is 7. The van der Waals surface area contributed by atoms with Crippen molar-refractivity contribution in [3.8, 4) is 11.5 Å². The van der Waals surface area contributed by atoms with Gasteiger partial charge in [0.2, 0.25) is 0 Å². The fraction of sp³-hybridized carbons (Fsp3) is 0.258. The molecule has 2 heterocycles. The number of methoxy groups -OCH3 is 2. The van der Waals surface area contributed by atoms with Crippen LogP contribution in [-0.2, 0) is 4.79 Å². The van der Waals surface area contributed by atoms with Crippen LogP contribution in [0, 0.1) is 3.57 Å². The molecule has 1 amide bonds. The minimum absolute atomic E-state index is 0.134. The maximum atomic E-state index is 14.2. The van der Waals surface area contributed by atoms with Crippen LogP contribution >= 0.6 is 33.9 Å². The summed E-state index contributed by atoms with van der Waals surface area (Å²) in [4.78, 5) is 35.4. The molecular formula is C31H30IN3O4S. The summed E-state index contributed by atoms with van der Waals surface area (Å²) in [5, 5.41) is 1.92. The van der Waals surface area contributed by atoms with Gasteiger partial charge in [-0.15, -0.1) is 0 Å². The SMILES string of the molecule is CCN(CC)C(=O)C1=C(C)N=c2s/c(=C/c3ccc(OC)c(I)c3)c(=O)n2[C@@H]1c1c(OC)ccc2ccccc12. The molecule has 0 radical (unpaired) electrons. The summed E-state index contributed by atoms with van der Waals surface area (Å²) in [6.45, 7) is 6.86. The third-order valence-electron chi connectivity index (χ3n) is 7.20. The van der Waals surface area contributed by atoms with Crippen molar-refractivity contribution in [2.24, 2.45) is 4.99 Å². The molecule has 9 heteroatoms. The second-order valence-electron chi connectivity index (χ2n) is 9.36. The summed E-state index contributed by atoms with van der Waals surface area (Å²) in [7, 11) is 3.25. The van der Waals surface area contributed by atoms with Gasteiger partial charge in [0, 0.05) is 18.7 Å². The molecule has 5 rings (SSSR count). The lowest BCUT2D eigenvalue weighted by Crippen LogP contribution is -2.43. The van der Waals surface area contributed by atoms with Crippen LogP contribution in [0.5, 0.6) is 11.5 Å². The van der Waals surface area contributed by atoms with E-state index >= 15 is 0 Å². The lowest BCUT2D eigenvalue weighted by molar-refractivity contribution is -0.127. The first kappa shape index (κ1) is 28.1. The van der Waals surface area contributed by atoms with E-state index in [4.69, 9.17) is 14.5 Å². The quantitative estimate of drug-likeness (QED) is 0.264. The lowest BCUT2D eigenvalue weighted by atomic mass is 9.90. The van der Waals surface area contributed by atoms with Gasteiger partial charge in [-0.2, -0.15) is 0 Å². The van der Waals surface area contributed by atoms with Crippen LogP contribution in [-0.4, -0.2) is 42.7 Å². The van der Waals surface area contributed by atoms with Gasteiger partial charge >= 0.3 is 0 Å². The molecule has 7 nitrogen and oxygen atoms in total. The zero-order valence-corrected chi connectivity index (χ0v) is 26.0. The van der Waals surface area contributed by atoms with E-state index in [0.717, 1.165) is 31.2 Å². The number of thiazole rings is 1. The van der Waals surface area contributed by atoms with Gasteiger partial charge in [0.1, 0.15) is 17.5 Å². The molecule has 1 aliphatic heterocycles. The van der Waals surface area contributed by atoms with E-state index < -0.39 is 6.04 Å². The molecule has 1 aromatic heterocycles. The molecule has 1 atom stereocenters. The summed E-state index contributed by atoms with van der Waals surface area (Å²) in [6, 6.07) is 17.0. The summed E-state index contributed by atoms with van der Waals surface area (Å²) >= 11 is 3.54. The number of halogens is 1. The predicted molar refractivity (Wildman–Crippen MR) is 168 cm³/mol. The molecular weight excluding hydrogens is 637 g/mol. The Labute approximate surface area is 250 Å². The van der Waals surface area contributed by atoms with E-state index in [1.807, 2.05) is 81.4 Å². The van der Waals surface area contributed by atoms with Gasteiger partial charge in [-0.3, -0.25) is 14.2 Å². The van der Waals surface area contributed by atoms with E-state index in [9.17, 15) is 9.59 Å². The van der Waals surface area contributed by atoms with Crippen LogP contribution in [0.1, 0.15) is 37.9 Å². The molecule has 1 aliphatic rings. The Hall–Kier alpha value is -3.44. The number of aromatic nitrogens is 1. The van der Waals surface area contributed by atoms with Crippen molar-refractivity contribution in [2.75, 3.05) is 27.3 Å². The van der Waals surface area contributed by atoms with Gasteiger partial charge in [0.05, 0.1) is 33.6 Å². The summed E-state index contributed by atoms with van der Waals surface area (Å²) in [5.41, 5.74) is 2.54. The fourth-order valence-corrected chi connectivity index (χ4v) is 7.01. The Balaban J connectivity index is 1.83. The van der Waals surface area contributed by atoms with Crippen molar-refractivity contribution in [3.05, 3.63) is 100 Å². The zero-order chi connectivity index (χ0) is 28.6. The van der Waals surface area contributed by atoms with Crippen molar-refractivity contribution in [1.82, 2.24) is 9.47 Å². The molecule has 0 saturated carbocycles. The predicted octanol–water partition coefficient (Wildman–Crippen LogP) is 4.88. The smallest absolute Gasteiger partial charge is 0.271 e. The Kier molecular flexibility index (Phi) is 8.14. The molecule has 0 saturated heterocycles. The second kappa shape index (κ2) is 11.6. The van der Waals surface area contributed by atoms with E-state index in [-0.39, 0.29) is 11.5 Å². The Morgan fingerprint density at radius 2 is 1.77 bits per heavy atom. The fourth-order valence-electron chi connectivity index (χ4n) is 5.21. The molecule has 0 N–H and O–H groups in total. The molecule has 0 fully saturated rings. The number of hydrogen-bond acceptors (Lipinski definition) is 6. The van der Waals surface area contributed by atoms with Gasteiger partial charge in [-0.1, -0.05) is 47.7 Å². The first-order chi connectivity index (χ1) is 19.3. The van der Waals surface area contributed by atoms with Crippen LogP contribution in [0.15, 0.2) is 75.7 Å². The van der Waals surface area contributed by atoms with Crippen molar-refractivity contribution in [1.29, 1.82) is 0 Å². The number of benzene rings is 3. The van der Waals surface area contributed by atoms with E-state index in [2.05, 4.69) is 22.6 Å². The monoisotopic (exact) mass is 667 g/mol. The minimum Gasteiger partial charge on any atom is -0.496 e. The minimum atomic E-state index is -0.705. The number of hydrogen-bond donors (Lipinski definition) is 0. The highest BCUT2D eigenvalue weighted by Crippen LogP contribution is 2.40. The van der Waals surface area contributed by atoms with Crippen molar-refractivity contribution in [3.63, 3.8) is 0 Å². The molecule has 0 unspecified atom stereocenters. The zero-order valence-electron chi connectivity index (χ0n) is 23.0. The molecule has 40 heavy (non-hydrogen) atoms. The van der Waals surface area contributed by atoms with Gasteiger partial charge in [-0.25, -0.2) is 4.99 Å². The summed E-state index contributed by atoms with van der Waals surface area (Å²) < 4.78 is 14.4. The topological polar surface area (TPSA) is 73.1 Å². The molecule has 0 bridgehead atoms. The van der Waals surface area contributed by atoms with Crippen LogP contribution in [0.25, 0.3) is 16.8 Å². The number of allylic oxidation sites excluding steroid dienone is 1. The number of fused-ring (bicyclic) bond motifs is 2. The number of amides is 1. The molecule has 0 spiro atoms. The normalized spacial score (nSPS) is 15.2. The van der Waals surface area contributed by atoms with Crippen molar-refractivity contribution in [2.45, 2.75) is 26.8 Å². The van der Waals surface area contributed by atoms with E-state index in [1.54, 1.807) is 23.7 Å². The number of ether oxygens (including phenoxy) is 2. The number of nitrogens with zero attached hydrogens (tertiary/aromatic N) is 3. The van der Waals surface area contributed by atoms with Crippen molar-refractivity contribution < 1.29 is 14.3 Å². The highest BCUT2D eigenvalue weighted by atomic mass is 127. The summed E-state index contributed by atoms with van der Waals surface area (Å²) in [5.74, 6) is 1.25. The number of carbonyl (C=O) groups is 1. The largest absolute Gasteiger partial charge is 0.496 e. The van der Waals surface area contributed by atoms with Gasteiger partial charge < -0.3 is 14.4 Å². The van der Waals surface area contributed by atoms with Crippen molar-refractivity contribution >= 4 is 56.7 Å². The maximum absolute atomic E-state index is 14.2. The third-order valence-corrected chi connectivity index (χ3v) is 9.03. The highest BCUT2D eigenvalue weighted by molar-refractivity contribution is 14.1.